The van der Waals surface area contributed by atoms with Gasteiger partial charge in [0, 0.05) is 18.0 Å². The van der Waals surface area contributed by atoms with Crippen LogP contribution in [-0.2, 0) is 4.79 Å². The third-order valence-corrected chi connectivity index (χ3v) is 2.97. The summed E-state index contributed by atoms with van der Waals surface area (Å²) in [6.45, 7) is 4.24. The number of rotatable bonds is 6. The molecule has 114 valence electrons. The summed E-state index contributed by atoms with van der Waals surface area (Å²) in [6.07, 6.45) is 0. The van der Waals surface area contributed by atoms with Crippen molar-refractivity contribution in [3.63, 3.8) is 0 Å². The Bertz CT molecular complexity index is 443. The van der Waals surface area contributed by atoms with Crippen molar-refractivity contribution in [2.75, 3.05) is 20.7 Å². The summed E-state index contributed by atoms with van der Waals surface area (Å²) in [7, 11) is 3.32. The van der Waals surface area contributed by atoms with E-state index in [4.69, 9.17) is 4.74 Å². The molecule has 0 spiro atoms. The maximum atomic E-state index is 13.3. The summed E-state index contributed by atoms with van der Waals surface area (Å²) in [5, 5.41) is 5.80. The Labute approximate surface area is 125 Å². The van der Waals surface area contributed by atoms with Gasteiger partial charge in [-0.1, -0.05) is 6.92 Å². The van der Waals surface area contributed by atoms with Crippen molar-refractivity contribution in [2.45, 2.75) is 19.9 Å². The molecule has 6 heteroatoms. The molecular formula is C14H22ClFN2O2. The van der Waals surface area contributed by atoms with Crippen LogP contribution in [0.5, 0.6) is 5.75 Å². The number of hydrogen-bond acceptors (Lipinski definition) is 3. The zero-order valence-corrected chi connectivity index (χ0v) is 13.0. The highest BCUT2D eigenvalue weighted by atomic mass is 35.5. The summed E-state index contributed by atoms with van der Waals surface area (Å²) in [4.78, 5) is 11.9. The van der Waals surface area contributed by atoms with E-state index in [-0.39, 0.29) is 36.1 Å². The number of benzene rings is 1. The first-order valence-corrected chi connectivity index (χ1v) is 6.28. The minimum atomic E-state index is -0.347. The number of carbonyl (C=O) groups excluding carboxylic acids is 1. The first-order chi connectivity index (χ1) is 8.99. The molecule has 0 aliphatic rings. The molecule has 0 heterocycles. The molecule has 0 aliphatic heterocycles. The number of methoxy groups -OCH3 is 1. The molecule has 20 heavy (non-hydrogen) atoms. The Morgan fingerprint density at radius 3 is 2.60 bits per heavy atom. The standard InChI is InChI=1S/C14H21FN2O2.ClH/c1-9(8-16-3)14(18)17-10(2)12-7-11(15)5-6-13(12)19-4;/h5-7,9-10,16H,8H2,1-4H3,(H,17,18);1H. The molecule has 0 saturated heterocycles. The van der Waals surface area contributed by atoms with Gasteiger partial charge < -0.3 is 15.4 Å². The lowest BCUT2D eigenvalue weighted by Gasteiger charge is -2.19. The number of nitrogens with one attached hydrogen (secondary N) is 2. The van der Waals surface area contributed by atoms with Crippen molar-refractivity contribution in [3.8, 4) is 5.75 Å². The van der Waals surface area contributed by atoms with E-state index in [0.717, 1.165) is 0 Å². The van der Waals surface area contributed by atoms with Crippen molar-refractivity contribution in [1.29, 1.82) is 0 Å². The highest BCUT2D eigenvalue weighted by Gasteiger charge is 2.18. The predicted molar refractivity (Wildman–Crippen MR) is 79.8 cm³/mol. The quantitative estimate of drug-likeness (QED) is 0.848. The molecule has 2 atom stereocenters. The van der Waals surface area contributed by atoms with Crippen molar-refractivity contribution in [3.05, 3.63) is 29.6 Å². The topological polar surface area (TPSA) is 50.4 Å². The van der Waals surface area contributed by atoms with E-state index in [1.165, 1.54) is 19.2 Å². The number of amides is 1. The van der Waals surface area contributed by atoms with Crippen LogP contribution in [0.15, 0.2) is 18.2 Å². The molecule has 2 N–H and O–H groups in total. The molecule has 0 aromatic heterocycles. The Morgan fingerprint density at radius 2 is 2.05 bits per heavy atom. The SMILES string of the molecule is CNCC(C)C(=O)NC(C)c1cc(F)ccc1OC.Cl. The molecule has 4 nitrogen and oxygen atoms in total. The van der Waals surface area contributed by atoms with Crippen LogP contribution in [0.4, 0.5) is 4.39 Å². The van der Waals surface area contributed by atoms with Gasteiger partial charge in [0.1, 0.15) is 11.6 Å². The largest absolute Gasteiger partial charge is 0.496 e. The number of carbonyl (C=O) groups is 1. The van der Waals surface area contributed by atoms with Gasteiger partial charge in [0.2, 0.25) is 5.91 Å². The number of halogens is 2. The van der Waals surface area contributed by atoms with Crippen LogP contribution in [0, 0.1) is 11.7 Å². The van der Waals surface area contributed by atoms with Crippen molar-refractivity contribution < 1.29 is 13.9 Å². The first-order valence-electron chi connectivity index (χ1n) is 6.28. The Hall–Kier alpha value is -1.33. The molecule has 2 unspecified atom stereocenters. The fourth-order valence-corrected chi connectivity index (χ4v) is 1.88. The summed E-state index contributed by atoms with van der Waals surface area (Å²) in [5.41, 5.74) is 0.632. The van der Waals surface area contributed by atoms with Gasteiger partial charge in [-0.25, -0.2) is 4.39 Å². The summed E-state index contributed by atoms with van der Waals surface area (Å²) < 4.78 is 18.5. The fraction of sp³-hybridized carbons (Fsp3) is 0.500. The second-order valence-electron chi connectivity index (χ2n) is 4.58. The van der Waals surface area contributed by atoms with E-state index in [1.807, 2.05) is 6.92 Å². The maximum Gasteiger partial charge on any atom is 0.224 e. The average molecular weight is 305 g/mol. The predicted octanol–water partition coefficient (Wildman–Crippen LogP) is 2.29. The summed E-state index contributed by atoms with van der Waals surface area (Å²) >= 11 is 0. The smallest absolute Gasteiger partial charge is 0.224 e. The van der Waals surface area contributed by atoms with Gasteiger partial charge in [0.15, 0.2) is 0 Å². The van der Waals surface area contributed by atoms with Crippen molar-refractivity contribution >= 4 is 18.3 Å². The van der Waals surface area contributed by atoms with Crippen LogP contribution >= 0.6 is 12.4 Å². The third-order valence-electron chi connectivity index (χ3n) is 2.97. The molecule has 0 bridgehead atoms. The van der Waals surface area contributed by atoms with Gasteiger partial charge in [0.25, 0.3) is 0 Å². The van der Waals surface area contributed by atoms with E-state index < -0.39 is 0 Å². The second kappa shape index (κ2) is 8.76. The van der Waals surface area contributed by atoms with Gasteiger partial charge in [-0.05, 0) is 32.2 Å². The van der Waals surface area contributed by atoms with E-state index in [1.54, 1.807) is 20.0 Å². The molecule has 1 aromatic rings. The number of hydrogen-bond donors (Lipinski definition) is 2. The first kappa shape index (κ1) is 18.7. The minimum absolute atomic E-state index is 0. The van der Waals surface area contributed by atoms with Gasteiger partial charge in [-0.2, -0.15) is 0 Å². The molecule has 0 radical (unpaired) electrons. The van der Waals surface area contributed by atoms with E-state index in [2.05, 4.69) is 10.6 Å². The maximum absolute atomic E-state index is 13.3. The van der Waals surface area contributed by atoms with Gasteiger partial charge >= 0.3 is 0 Å². The highest BCUT2D eigenvalue weighted by molar-refractivity contribution is 5.85. The zero-order chi connectivity index (χ0) is 14.4. The van der Waals surface area contributed by atoms with Gasteiger partial charge in [0.05, 0.1) is 13.2 Å². The van der Waals surface area contributed by atoms with Crippen LogP contribution in [0.3, 0.4) is 0 Å². The van der Waals surface area contributed by atoms with Crippen molar-refractivity contribution in [2.24, 2.45) is 5.92 Å². The Morgan fingerprint density at radius 1 is 1.40 bits per heavy atom. The van der Waals surface area contributed by atoms with Gasteiger partial charge in [-0.15, -0.1) is 12.4 Å². The minimum Gasteiger partial charge on any atom is -0.496 e. The van der Waals surface area contributed by atoms with Crippen LogP contribution in [0.25, 0.3) is 0 Å². The molecule has 1 amide bonds. The molecule has 1 aromatic carbocycles. The highest BCUT2D eigenvalue weighted by Crippen LogP contribution is 2.25. The lowest BCUT2D eigenvalue weighted by molar-refractivity contribution is -0.125. The molecule has 0 saturated carbocycles. The Kier molecular flexibility index (Phi) is 8.18. The lowest BCUT2D eigenvalue weighted by atomic mass is 10.1. The summed E-state index contributed by atoms with van der Waals surface area (Å²) in [5.74, 6) is -0.00388. The second-order valence-corrected chi connectivity index (χ2v) is 4.58. The van der Waals surface area contributed by atoms with Gasteiger partial charge in [-0.3, -0.25) is 4.79 Å². The normalized spacial score (nSPS) is 13.1. The fourth-order valence-electron chi connectivity index (χ4n) is 1.88. The van der Waals surface area contributed by atoms with E-state index >= 15 is 0 Å². The van der Waals surface area contributed by atoms with Crippen LogP contribution < -0.4 is 15.4 Å². The van der Waals surface area contributed by atoms with Crippen LogP contribution in [0.2, 0.25) is 0 Å². The number of ether oxygens (including phenoxy) is 1. The molecule has 1 rings (SSSR count). The Balaban J connectivity index is 0.00000361. The zero-order valence-electron chi connectivity index (χ0n) is 12.2. The van der Waals surface area contributed by atoms with E-state index in [0.29, 0.717) is 17.9 Å². The molecular weight excluding hydrogens is 283 g/mol. The molecule has 0 fully saturated rings. The monoisotopic (exact) mass is 304 g/mol. The lowest BCUT2D eigenvalue weighted by Crippen LogP contribution is -2.35. The third kappa shape index (κ3) is 4.98. The summed E-state index contributed by atoms with van der Waals surface area (Å²) in [6, 6.07) is 3.97. The van der Waals surface area contributed by atoms with Crippen LogP contribution in [-0.4, -0.2) is 26.6 Å². The molecule has 0 aliphatic carbocycles. The van der Waals surface area contributed by atoms with E-state index in [9.17, 15) is 9.18 Å². The average Bonchev–Trinajstić information content (AvgIpc) is 2.38. The van der Waals surface area contributed by atoms with Crippen LogP contribution in [0.1, 0.15) is 25.5 Å². The van der Waals surface area contributed by atoms with Crippen molar-refractivity contribution in [1.82, 2.24) is 10.6 Å².